The summed E-state index contributed by atoms with van der Waals surface area (Å²) in [5.41, 5.74) is -0.524. The summed E-state index contributed by atoms with van der Waals surface area (Å²) < 4.78 is 39.6. The topological polar surface area (TPSA) is 60.7 Å². The second kappa shape index (κ2) is 5.99. The highest BCUT2D eigenvalue weighted by Gasteiger charge is 2.33. The van der Waals surface area contributed by atoms with Crippen molar-refractivity contribution in [3.05, 3.63) is 29.8 Å². The lowest BCUT2D eigenvalue weighted by Crippen LogP contribution is -2.11. The van der Waals surface area contributed by atoms with E-state index in [4.69, 9.17) is 0 Å². The molecule has 0 bridgehead atoms. The monoisotopic (exact) mass is 338 g/mol. The van der Waals surface area contributed by atoms with Gasteiger partial charge in [0.05, 0.1) is 0 Å². The molecule has 0 aromatic carbocycles. The van der Waals surface area contributed by atoms with E-state index in [-0.39, 0.29) is 17.7 Å². The lowest BCUT2D eigenvalue weighted by molar-refractivity contribution is -0.141. The van der Waals surface area contributed by atoms with E-state index in [2.05, 4.69) is 15.1 Å². The summed E-state index contributed by atoms with van der Waals surface area (Å²) in [5.74, 6) is 1.27. The molecule has 2 heterocycles. The molecule has 0 N–H and O–H groups in total. The Labute approximate surface area is 136 Å². The van der Waals surface area contributed by atoms with Gasteiger partial charge < -0.3 is 0 Å². The van der Waals surface area contributed by atoms with Crippen molar-refractivity contribution < 1.29 is 18.0 Å². The minimum atomic E-state index is -4.47. The maximum absolute atomic E-state index is 12.6. The second-order valence-corrected chi connectivity index (χ2v) is 6.24. The number of nitrogens with zero attached hydrogens (tertiary/aromatic N) is 4. The Hall–Kier alpha value is -2.25. The number of pyridine rings is 1. The molecule has 1 saturated carbocycles. The molecule has 1 atom stereocenters. The molecule has 8 heteroatoms. The molecule has 128 valence electrons. The van der Waals surface area contributed by atoms with Crippen LogP contribution < -0.4 is 0 Å². The number of ketones is 1. The number of alkyl halides is 3. The molecule has 2 aromatic rings. The first-order chi connectivity index (χ1) is 11.3. The van der Waals surface area contributed by atoms with E-state index in [9.17, 15) is 18.0 Å². The van der Waals surface area contributed by atoms with Gasteiger partial charge in [-0.15, -0.1) is 0 Å². The molecule has 0 amide bonds. The normalized spacial score (nSPS) is 18.6. The number of rotatable bonds is 3. The van der Waals surface area contributed by atoms with E-state index in [0.717, 1.165) is 18.7 Å². The zero-order valence-electron chi connectivity index (χ0n) is 13.3. The highest BCUT2D eigenvalue weighted by Crippen LogP contribution is 2.34. The number of hydrogen-bond donors (Lipinski definition) is 0. The lowest BCUT2D eigenvalue weighted by Gasteiger charge is -2.12. The van der Waals surface area contributed by atoms with Crippen LogP contribution >= 0.6 is 0 Å². The minimum absolute atomic E-state index is 0.0172. The molecule has 0 aliphatic heterocycles. The van der Waals surface area contributed by atoms with Crippen LogP contribution in [0.1, 0.15) is 56.6 Å². The van der Waals surface area contributed by atoms with Crippen molar-refractivity contribution in [3.63, 3.8) is 0 Å². The molecule has 1 aliphatic carbocycles. The molecule has 24 heavy (non-hydrogen) atoms. The molecule has 0 radical (unpaired) electrons. The summed E-state index contributed by atoms with van der Waals surface area (Å²) >= 11 is 0. The third-order valence-electron chi connectivity index (χ3n) is 4.07. The predicted molar refractivity (Wildman–Crippen MR) is 80.2 cm³/mol. The summed E-state index contributed by atoms with van der Waals surface area (Å²) in [6, 6.07) is 2.28. The van der Waals surface area contributed by atoms with Gasteiger partial charge in [-0.3, -0.25) is 9.78 Å². The van der Waals surface area contributed by atoms with Crippen LogP contribution in [-0.2, 0) is 11.0 Å². The fraction of sp³-hybridized carbons (Fsp3) is 0.500. The zero-order valence-corrected chi connectivity index (χ0v) is 13.3. The number of carbonyl (C=O) groups excluding carboxylic acids is 1. The first kappa shape index (κ1) is 16.6. The van der Waals surface area contributed by atoms with E-state index < -0.39 is 11.9 Å². The third kappa shape index (κ3) is 3.18. The molecular formula is C16H17F3N4O. The van der Waals surface area contributed by atoms with Gasteiger partial charge in [-0.1, -0.05) is 0 Å². The highest BCUT2D eigenvalue weighted by molar-refractivity contribution is 5.81. The maximum atomic E-state index is 12.6. The number of hydrogen-bond acceptors (Lipinski definition) is 4. The van der Waals surface area contributed by atoms with Crippen LogP contribution in [0.2, 0.25) is 0 Å². The fourth-order valence-corrected chi connectivity index (χ4v) is 2.84. The number of Topliss-reactive ketones (excluding diaryl/α,β-unsaturated/α-hetero) is 1. The van der Waals surface area contributed by atoms with Gasteiger partial charge in [-0.25, -0.2) is 9.67 Å². The summed E-state index contributed by atoms with van der Waals surface area (Å²) in [7, 11) is 0. The molecule has 1 aliphatic rings. The average Bonchev–Trinajstić information content (AvgIpc) is 3.12. The van der Waals surface area contributed by atoms with Crippen molar-refractivity contribution in [2.45, 2.75) is 51.2 Å². The Bertz CT molecular complexity index is 750. The summed E-state index contributed by atoms with van der Waals surface area (Å²) in [6.45, 7) is 3.90. The Morgan fingerprint density at radius 2 is 2.04 bits per heavy atom. The summed E-state index contributed by atoms with van der Waals surface area (Å²) in [5, 5.41) is 4.41. The second-order valence-electron chi connectivity index (χ2n) is 6.24. The van der Waals surface area contributed by atoms with Crippen LogP contribution in [-0.4, -0.2) is 25.5 Å². The molecular weight excluding hydrogens is 321 g/mol. The molecule has 1 fully saturated rings. The molecule has 1 unspecified atom stereocenters. The zero-order chi connectivity index (χ0) is 17.5. The lowest BCUT2D eigenvalue weighted by atomic mass is 10.1. The first-order valence-electron chi connectivity index (χ1n) is 7.77. The van der Waals surface area contributed by atoms with Crippen molar-refractivity contribution in [3.8, 4) is 11.4 Å². The van der Waals surface area contributed by atoms with E-state index in [0.29, 0.717) is 30.1 Å². The van der Waals surface area contributed by atoms with E-state index in [1.54, 1.807) is 4.68 Å². The van der Waals surface area contributed by atoms with Gasteiger partial charge in [-0.05, 0) is 32.4 Å². The first-order valence-corrected chi connectivity index (χ1v) is 7.77. The van der Waals surface area contributed by atoms with Crippen LogP contribution in [0, 0.1) is 0 Å². The van der Waals surface area contributed by atoms with Gasteiger partial charge >= 0.3 is 6.18 Å². The smallest absolute Gasteiger partial charge is 0.300 e. The maximum Gasteiger partial charge on any atom is 0.433 e. The fourth-order valence-electron chi connectivity index (χ4n) is 2.84. The molecule has 2 aromatic heterocycles. The Morgan fingerprint density at radius 3 is 2.54 bits per heavy atom. The number of halogens is 3. The summed E-state index contributed by atoms with van der Waals surface area (Å²) in [6.07, 6.45) is -1.64. The van der Waals surface area contributed by atoms with Crippen LogP contribution in [0.4, 0.5) is 13.2 Å². The van der Waals surface area contributed by atoms with Crippen LogP contribution in [0.15, 0.2) is 18.3 Å². The van der Waals surface area contributed by atoms with Crippen molar-refractivity contribution >= 4 is 5.78 Å². The standard InChI is InChI=1S/C16H17F3N4O/c1-9(2)23-15(10-3-5-12(24)7-10)21-14(22-23)11-4-6-13(20-8-11)16(17,18)19/h4,6,8-10H,3,5,7H2,1-2H3. The predicted octanol–water partition coefficient (Wildman–Crippen LogP) is 3.78. The number of aromatic nitrogens is 4. The van der Waals surface area contributed by atoms with E-state index >= 15 is 0 Å². The van der Waals surface area contributed by atoms with Crippen LogP contribution in [0.3, 0.4) is 0 Å². The van der Waals surface area contributed by atoms with Crippen molar-refractivity contribution in [1.29, 1.82) is 0 Å². The number of carbonyl (C=O) groups is 1. The Kier molecular flexibility index (Phi) is 4.15. The van der Waals surface area contributed by atoms with Crippen molar-refractivity contribution in [1.82, 2.24) is 19.7 Å². The van der Waals surface area contributed by atoms with Crippen LogP contribution in [0.5, 0.6) is 0 Å². The van der Waals surface area contributed by atoms with Crippen molar-refractivity contribution in [2.24, 2.45) is 0 Å². The van der Waals surface area contributed by atoms with Gasteiger partial charge in [0, 0.05) is 36.6 Å². The molecule has 5 nitrogen and oxygen atoms in total. The van der Waals surface area contributed by atoms with E-state index in [1.807, 2.05) is 13.8 Å². The minimum Gasteiger partial charge on any atom is -0.300 e. The molecule has 0 saturated heterocycles. The summed E-state index contributed by atoms with van der Waals surface area (Å²) in [4.78, 5) is 19.5. The van der Waals surface area contributed by atoms with E-state index in [1.165, 1.54) is 6.07 Å². The molecule has 0 spiro atoms. The third-order valence-corrected chi connectivity index (χ3v) is 4.07. The largest absolute Gasteiger partial charge is 0.433 e. The van der Waals surface area contributed by atoms with Gasteiger partial charge in [0.2, 0.25) is 0 Å². The Morgan fingerprint density at radius 1 is 1.29 bits per heavy atom. The van der Waals surface area contributed by atoms with Crippen molar-refractivity contribution in [2.75, 3.05) is 0 Å². The van der Waals surface area contributed by atoms with Crippen LogP contribution in [0.25, 0.3) is 11.4 Å². The van der Waals surface area contributed by atoms with Gasteiger partial charge in [0.1, 0.15) is 17.3 Å². The average molecular weight is 338 g/mol. The molecule has 3 rings (SSSR count). The van der Waals surface area contributed by atoms with Gasteiger partial charge in [0.25, 0.3) is 0 Å². The highest BCUT2D eigenvalue weighted by atomic mass is 19.4. The Balaban J connectivity index is 1.95. The van der Waals surface area contributed by atoms with Gasteiger partial charge in [-0.2, -0.15) is 18.3 Å². The quantitative estimate of drug-likeness (QED) is 0.854. The SMILES string of the molecule is CC(C)n1nc(-c2ccc(C(F)(F)F)nc2)nc1C1CCC(=O)C1. The van der Waals surface area contributed by atoms with Gasteiger partial charge in [0.15, 0.2) is 5.82 Å².